The van der Waals surface area contributed by atoms with Crippen molar-refractivity contribution < 1.29 is 36.7 Å². The monoisotopic (exact) mass is 550 g/mol. The summed E-state index contributed by atoms with van der Waals surface area (Å²) in [6.45, 7) is 7.63. The quantitative estimate of drug-likeness (QED) is 0.409. The summed E-state index contributed by atoms with van der Waals surface area (Å²) >= 11 is 5.41. The lowest BCUT2D eigenvalue weighted by Crippen LogP contribution is -2.44. The second kappa shape index (κ2) is 9.68. The van der Waals surface area contributed by atoms with Crippen LogP contribution in [0.4, 0.5) is 33.7 Å². The van der Waals surface area contributed by atoms with Gasteiger partial charge in [0.15, 0.2) is 5.11 Å². The van der Waals surface area contributed by atoms with Crippen LogP contribution >= 0.6 is 12.2 Å². The van der Waals surface area contributed by atoms with E-state index in [1.807, 2.05) is 5.32 Å². The van der Waals surface area contributed by atoms with Crippen LogP contribution in [0.2, 0.25) is 0 Å². The molecule has 13 heteroatoms. The van der Waals surface area contributed by atoms with Crippen LogP contribution in [0.1, 0.15) is 56.1 Å². The number of amides is 3. The first kappa shape index (κ1) is 28.5. The zero-order valence-electron chi connectivity index (χ0n) is 20.9. The molecule has 0 aromatic heterocycles. The number of imide groups is 1. The number of benzene rings is 2. The highest BCUT2D eigenvalue weighted by Gasteiger charge is 2.51. The van der Waals surface area contributed by atoms with Gasteiger partial charge in [0.25, 0.3) is 11.8 Å². The molecule has 1 aliphatic heterocycles. The lowest BCUT2D eigenvalue weighted by atomic mass is 10.0. The molecule has 3 rings (SSSR count). The van der Waals surface area contributed by atoms with Crippen molar-refractivity contribution in [2.75, 3.05) is 9.80 Å². The molecule has 1 heterocycles. The van der Waals surface area contributed by atoms with Gasteiger partial charge in [-0.2, -0.15) is 18.4 Å². The van der Waals surface area contributed by atoms with Gasteiger partial charge in [-0.15, -0.1) is 0 Å². The third-order valence-corrected chi connectivity index (χ3v) is 5.79. The molecule has 8 nitrogen and oxygen atoms in total. The highest BCUT2D eigenvalue weighted by atomic mass is 32.1. The van der Waals surface area contributed by atoms with Gasteiger partial charge in [0.05, 0.1) is 28.4 Å². The Hall–Kier alpha value is -4.05. The van der Waals surface area contributed by atoms with Crippen molar-refractivity contribution in [2.45, 2.75) is 51.9 Å². The Morgan fingerprint density at radius 1 is 1.08 bits per heavy atom. The van der Waals surface area contributed by atoms with Gasteiger partial charge in [-0.25, -0.2) is 9.18 Å². The SMILES string of the molecule is CC(C)(C)OC(=O)NC(=O)c1ccc(N2C(=S)N(c3ccc(C#N)c(C(F)(F)F)c3)C(=O)C2(C)C)cc1F. The fourth-order valence-electron chi connectivity index (χ4n) is 3.75. The number of alkyl carbamates (subject to hydrolysis) is 1. The van der Waals surface area contributed by atoms with Gasteiger partial charge in [0.1, 0.15) is 17.0 Å². The van der Waals surface area contributed by atoms with E-state index in [-0.39, 0.29) is 16.5 Å². The van der Waals surface area contributed by atoms with E-state index in [2.05, 4.69) is 0 Å². The van der Waals surface area contributed by atoms with Crippen LogP contribution in [0.5, 0.6) is 0 Å². The van der Waals surface area contributed by atoms with Crippen LogP contribution in [-0.2, 0) is 15.7 Å². The largest absolute Gasteiger partial charge is 0.444 e. The Balaban J connectivity index is 1.96. The number of hydrogen-bond donors (Lipinski definition) is 1. The third-order valence-electron chi connectivity index (χ3n) is 5.43. The molecule has 0 atom stereocenters. The Morgan fingerprint density at radius 3 is 2.21 bits per heavy atom. The van der Waals surface area contributed by atoms with E-state index in [1.54, 1.807) is 20.8 Å². The maximum atomic E-state index is 15.0. The van der Waals surface area contributed by atoms with Crippen LogP contribution < -0.4 is 15.1 Å². The molecule has 0 radical (unpaired) electrons. The number of anilines is 2. The number of nitrogens with zero attached hydrogens (tertiary/aromatic N) is 3. The average molecular weight is 551 g/mol. The summed E-state index contributed by atoms with van der Waals surface area (Å²) in [5.74, 6) is -2.82. The van der Waals surface area contributed by atoms with Gasteiger partial charge in [-0.1, -0.05) is 0 Å². The van der Waals surface area contributed by atoms with Crippen molar-refractivity contribution in [1.29, 1.82) is 5.26 Å². The predicted octanol–water partition coefficient (Wildman–Crippen LogP) is 5.30. The fraction of sp³-hybridized carbons (Fsp3) is 0.320. The van der Waals surface area contributed by atoms with Gasteiger partial charge >= 0.3 is 12.3 Å². The minimum absolute atomic E-state index is 0.0341. The predicted molar refractivity (Wildman–Crippen MR) is 133 cm³/mol. The summed E-state index contributed by atoms with van der Waals surface area (Å²) in [7, 11) is 0. The minimum atomic E-state index is -4.86. The molecule has 2 aromatic carbocycles. The molecular formula is C25H22F4N4O4S. The summed E-state index contributed by atoms with van der Waals surface area (Å²) in [6, 6.07) is 7.46. The van der Waals surface area contributed by atoms with Crippen molar-refractivity contribution in [3.63, 3.8) is 0 Å². The van der Waals surface area contributed by atoms with Gasteiger partial charge in [-0.05, 0) is 83.2 Å². The lowest BCUT2D eigenvalue weighted by molar-refractivity contribution is -0.137. The molecule has 1 saturated heterocycles. The van der Waals surface area contributed by atoms with Crippen molar-refractivity contribution >= 4 is 46.6 Å². The third kappa shape index (κ3) is 5.45. The van der Waals surface area contributed by atoms with E-state index in [4.69, 9.17) is 22.2 Å². The average Bonchev–Trinajstić information content (AvgIpc) is 2.94. The Bertz CT molecular complexity index is 1390. The Morgan fingerprint density at radius 2 is 1.68 bits per heavy atom. The Labute approximate surface area is 220 Å². The van der Waals surface area contributed by atoms with Crippen molar-refractivity contribution in [3.8, 4) is 6.07 Å². The molecule has 2 aromatic rings. The number of ether oxygens (including phenoxy) is 1. The van der Waals surface area contributed by atoms with E-state index in [0.717, 1.165) is 29.2 Å². The van der Waals surface area contributed by atoms with Crippen LogP contribution in [0.3, 0.4) is 0 Å². The van der Waals surface area contributed by atoms with E-state index in [0.29, 0.717) is 6.07 Å². The van der Waals surface area contributed by atoms with Gasteiger partial charge in [0.2, 0.25) is 0 Å². The molecule has 0 unspecified atom stereocenters. The van der Waals surface area contributed by atoms with Gasteiger partial charge in [-0.3, -0.25) is 19.8 Å². The summed E-state index contributed by atoms with van der Waals surface area (Å²) < 4.78 is 60.4. The lowest BCUT2D eigenvalue weighted by Gasteiger charge is -2.29. The summed E-state index contributed by atoms with van der Waals surface area (Å²) in [6.07, 6.45) is -5.94. The number of nitriles is 1. The summed E-state index contributed by atoms with van der Waals surface area (Å²) in [5.41, 5.74) is -4.91. The summed E-state index contributed by atoms with van der Waals surface area (Å²) in [4.78, 5) is 39.6. The first-order chi connectivity index (χ1) is 17.4. The molecule has 0 bridgehead atoms. The van der Waals surface area contributed by atoms with Crippen LogP contribution in [-0.4, -0.2) is 34.2 Å². The molecule has 3 amide bonds. The zero-order valence-corrected chi connectivity index (χ0v) is 21.7. The first-order valence-corrected chi connectivity index (χ1v) is 11.4. The number of rotatable bonds is 3. The van der Waals surface area contributed by atoms with E-state index in [9.17, 15) is 31.9 Å². The normalized spacial score (nSPS) is 15.4. The van der Waals surface area contributed by atoms with Crippen molar-refractivity contribution in [2.24, 2.45) is 0 Å². The number of nitrogens with one attached hydrogen (secondary N) is 1. The molecule has 1 fully saturated rings. The maximum Gasteiger partial charge on any atom is 0.417 e. The fourth-order valence-corrected chi connectivity index (χ4v) is 4.27. The van der Waals surface area contributed by atoms with Gasteiger partial charge < -0.3 is 9.64 Å². The van der Waals surface area contributed by atoms with Crippen LogP contribution in [0.25, 0.3) is 0 Å². The molecular weight excluding hydrogens is 528 g/mol. The van der Waals surface area contributed by atoms with E-state index in [1.165, 1.54) is 30.9 Å². The topological polar surface area (TPSA) is 103 Å². The molecule has 0 saturated carbocycles. The number of thiocarbonyl (C=S) groups is 1. The highest BCUT2D eigenvalue weighted by molar-refractivity contribution is 7.81. The number of carbonyl (C=O) groups excluding carboxylic acids is 3. The second-order valence-electron chi connectivity index (χ2n) is 9.78. The molecule has 0 aliphatic carbocycles. The van der Waals surface area contributed by atoms with E-state index >= 15 is 0 Å². The van der Waals surface area contributed by atoms with Crippen LogP contribution in [0, 0.1) is 17.1 Å². The molecule has 1 aliphatic rings. The molecule has 1 N–H and O–H groups in total. The van der Waals surface area contributed by atoms with Crippen molar-refractivity contribution in [3.05, 3.63) is 58.9 Å². The summed E-state index contributed by atoms with van der Waals surface area (Å²) in [5, 5.41) is 10.7. The molecule has 0 spiro atoms. The maximum absolute atomic E-state index is 15.0. The van der Waals surface area contributed by atoms with Crippen LogP contribution in [0.15, 0.2) is 36.4 Å². The molecule has 38 heavy (non-hydrogen) atoms. The number of halogens is 4. The smallest absolute Gasteiger partial charge is 0.417 e. The van der Waals surface area contributed by atoms with Gasteiger partial charge in [0, 0.05) is 5.69 Å². The number of alkyl halides is 3. The second-order valence-corrected chi connectivity index (χ2v) is 10.1. The minimum Gasteiger partial charge on any atom is -0.444 e. The highest BCUT2D eigenvalue weighted by Crippen LogP contribution is 2.39. The molecule has 200 valence electrons. The Kier molecular flexibility index (Phi) is 7.26. The standard InChI is InChI=1S/C25H22F4N4O4S/c1-23(2,3)37-21(36)31-19(34)16-9-8-15(11-18(16)26)33-22(38)32(20(35)24(33,4)5)14-7-6-13(12-30)17(10-14)25(27,28)29/h6-11H,1-5H3,(H,31,34,36). The zero-order chi connectivity index (χ0) is 28.8. The van der Waals surface area contributed by atoms with Crippen molar-refractivity contribution in [1.82, 2.24) is 5.32 Å². The number of hydrogen-bond acceptors (Lipinski definition) is 6. The van der Waals surface area contributed by atoms with E-state index < -0.39 is 57.7 Å². The number of carbonyl (C=O) groups is 3. The first-order valence-electron chi connectivity index (χ1n) is 11.0.